The lowest BCUT2D eigenvalue weighted by Crippen LogP contribution is -2.63. The van der Waals surface area contributed by atoms with Gasteiger partial charge in [-0.1, -0.05) is 61.8 Å². The number of amides is 8. The molecule has 0 aliphatic carbocycles. The van der Waals surface area contributed by atoms with Crippen LogP contribution in [0.5, 0.6) is 0 Å². The number of carboxylic acids is 2. The van der Waals surface area contributed by atoms with Gasteiger partial charge in [0.15, 0.2) is 11.9 Å². The van der Waals surface area contributed by atoms with E-state index < -0.39 is 145 Å². The molecule has 0 aliphatic heterocycles. The number of guanidine groups is 2. The van der Waals surface area contributed by atoms with Gasteiger partial charge in [-0.2, -0.15) is 0 Å². The van der Waals surface area contributed by atoms with E-state index in [1.54, 1.807) is 55.4 Å². The summed E-state index contributed by atoms with van der Waals surface area (Å²) in [7, 11) is 0. The highest BCUT2D eigenvalue weighted by atomic mass is 16.4. The van der Waals surface area contributed by atoms with Crippen LogP contribution in [0.3, 0.4) is 0 Å². The van der Waals surface area contributed by atoms with E-state index in [9.17, 15) is 68.4 Å². The van der Waals surface area contributed by atoms with Gasteiger partial charge >= 0.3 is 11.9 Å². The number of nitrogens with one attached hydrogen (secondary N) is 8. The zero-order chi connectivity index (χ0) is 59.4. The third-order valence-corrected chi connectivity index (χ3v) is 12.0. The van der Waals surface area contributed by atoms with Crippen molar-refractivity contribution in [1.29, 1.82) is 0 Å². The highest BCUT2D eigenvalue weighted by Crippen LogP contribution is 2.14. The smallest absolute Gasteiger partial charge is 0.326 e. The van der Waals surface area contributed by atoms with E-state index >= 15 is 0 Å². The molecule has 0 rings (SSSR count). The molecule has 0 heterocycles. The average Bonchev–Trinajstić information content (AvgIpc) is 3.32. The number of carbonyl (C=O) groups excluding carboxylic acids is 8. The Morgan fingerprint density at radius 2 is 0.792 bits per heavy atom. The highest BCUT2D eigenvalue weighted by Gasteiger charge is 2.38. The van der Waals surface area contributed by atoms with Crippen molar-refractivity contribution >= 4 is 71.1 Å². The van der Waals surface area contributed by atoms with Gasteiger partial charge in [0.25, 0.3) is 0 Å². The molecular weight excluding hydrogens is 1010 g/mol. The molecule has 8 amide bonds. The summed E-state index contributed by atoms with van der Waals surface area (Å²) in [6.07, 6.45) is -3.89. The summed E-state index contributed by atoms with van der Waals surface area (Å²) in [5.41, 5.74) is 27.8. The summed E-state index contributed by atoms with van der Waals surface area (Å²) in [5.74, 6) is -12.1. The van der Waals surface area contributed by atoms with Crippen molar-refractivity contribution in [2.24, 2.45) is 62.3 Å². The molecule has 0 unspecified atom stereocenters. The molecule has 77 heavy (non-hydrogen) atoms. The molecule has 0 fully saturated rings. The first-order valence-electron chi connectivity index (χ1n) is 25.8. The molecule has 29 nitrogen and oxygen atoms in total. The summed E-state index contributed by atoms with van der Waals surface area (Å²) >= 11 is 0. The van der Waals surface area contributed by atoms with Crippen LogP contribution in [0.25, 0.3) is 0 Å². The van der Waals surface area contributed by atoms with Crippen molar-refractivity contribution in [3.8, 4) is 0 Å². The number of aliphatic hydroxyl groups excluding tert-OH is 2. The fourth-order valence-corrected chi connectivity index (χ4v) is 7.38. The van der Waals surface area contributed by atoms with Crippen LogP contribution < -0.4 is 71.2 Å². The van der Waals surface area contributed by atoms with Gasteiger partial charge in [-0.05, 0) is 82.5 Å². The van der Waals surface area contributed by atoms with Crippen molar-refractivity contribution in [2.45, 2.75) is 194 Å². The van der Waals surface area contributed by atoms with E-state index in [1.807, 2.05) is 0 Å². The normalized spacial score (nSPS) is 15.9. The predicted octanol–water partition coefficient (Wildman–Crippen LogP) is -4.20. The maximum Gasteiger partial charge on any atom is 0.326 e. The second kappa shape index (κ2) is 35.4. The van der Waals surface area contributed by atoms with Crippen LogP contribution in [-0.4, -0.2) is 171 Å². The van der Waals surface area contributed by atoms with E-state index in [2.05, 4.69) is 52.5 Å². The molecule has 12 atom stereocenters. The Morgan fingerprint density at radius 1 is 0.455 bits per heavy atom. The van der Waals surface area contributed by atoms with Crippen LogP contribution in [0.4, 0.5) is 0 Å². The zero-order valence-corrected chi connectivity index (χ0v) is 46.1. The van der Waals surface area contributed by atoms with E-state index in [4.69, 9.17) is 28.7 Å². The third kappa shape index (κ3) is 27.7. The van der Waals surface area contributed by atoms with Gasteiger partial charge in [0.2, 0.25) is 47.3 Å². The fraction of sp³-hybridized carbons (Fsp3) is 0.750. The number of aliphatic hydroxyl groups is 2. The lowest BCUT2D eigenvalue weighted by Gasteiger charge is -2.31. The van der Waals surface area contributed by atoms with Gasteiger partial charge in [-0.15, -0.1) is 0 Å². The van der Waals surface area contributed by atoms with Gasteiger partial charge in [0.1, 0.15) is 48.3 Å². The minimum atomic E-state index is -1.78. The Morgan fingerprint density at radius 3 is 1.18 bits per heavy atom. The van der Waals surface area contributed by atoms with E-state index in [-0.39, 0.29) is 87.7 Å². The quantitative estimate of drug-likeness (QED) is 0.0159. The molecule has 22 N–H and O–H groups in total. The van der Waals surface area contributed by atoms with Crippen LogP contribution in [-0.2, 0) is 47.9 Å². The van der Waals surface area contributed by atoms with E-state index in [0.717, 1.165) is 6.92 Å². The van der Waals surface area contributed by atoms with Crippen LogP contribution in [0, 0.1) is 23.7 Å². The van der Waals surface area contributed by atoms with Gasteiger partial charge < -0.3 is 91.6 Å². The number of nitrogens with zero attached hydrogens (tertiary/aromatic N) is 2. The molecular formula is C48H89N15O14. The van der Waals surface area contributed by atoms with Crippen LogP contribution in [0.2, 0.25) is 0 Å². The number of hydrogen-bond donors (Lipinski definition) is 17. The molecule has 0 aromatic rings. The number of carboxylic acid groups (broad SMARTS) is 2. The Kier molecular flexibility index (Phi) is 32.3. The van der Waals surface area contributed by atoms with Gasteiger partial charge in [0, 0.05) is 19.5 Å². The van der Waals surface area contributed by atoms with Crippen LogP contribution in [0.1, 0.15) is 127 Å². The fourth-order valence-electron chi connectivity index (χ4n) is 7.38. The van der Waals surface area contributed by atoms with Crippen molar-refractivity contribution in [1.82, 2.24) is 42.5 Å². The second-order valence-corrected chi connectivity index (χ2v) is 20.3. The number of aliphatic imine (C=N–C) groups is 2. The lowest BCUT2D eigenvalue weighted by molar-refractivity contribution is -0.143. The topological polar surface area (TPSA) is 503 Å². The second-order valence-electron chi connectivity index (χ2n) is 20.3. The molecule has 0 spiro atoms. The Bertz CT molecular complexity index is 2030. The summed E-state index contributed by atoms with van der Waals surface area (Å²) in [4.78, 5) is 141. The number of rotatable bonds is 37. The first-order valence-corrected chi connectivity index (χ1v) is 25.8. The lowest BCUT2D eigenvalue weighted by atomic mass is 9.96. The molecule has 440 valence electrons. The zero-order valence-electron chi connectivity index (χ0n) is 46.1. The van der Waals surface area contributed by atoms with Crippen LogP contribution >= 0.6 is 0 Å². The molecule has 0 radical (unpaired) electrons. The largest absolute Gasteiger partial charge is 0.481 e. The third-order valence-electron chi connectivity index (χ3n) is 12.0. The Balaban J connectivity index is 6.83. The van der Waals surface area contributed by atoms with Gasteiger partial charge in [0.05, 0.1) is 18.2 Å². The maximum atomic E-state index is 14.3. The monoisotopic (exact) mass is 1100 g/mol. The van der Waals surface area contributed by atoms with Crippen molar-refractivity contribution < 1.29 is 68.4 Å². The van der Waals surface area contributed by atoms with E-state index in [0.29, 0.717) is 0 Å². The number of hydrogen-bond acceptors (Lipinski definition) is 15. The summed E-state index contributed by atoms with van der Waals surface area (Å²) in [6, 6.07) is -13.1. The maximum absolute atomic E-state index is 14.3. The molecule has 0 aromatic carbocycles. The summed E-state index contributed by atoms with van der Waals surface area (Å²) in [6.45, 7) is 15.9. The first kappa shape index (κ1) is 70.1. The molecule has 0 aromatic heterocycles. The SMILES string of the molecule is CC[C@H](C)[C@H](NC(=O)[C@@H](NC(=O)[C@H](CC(C)C)NC(=O)[C@@H](NC(=O)[C@H](CCC(=O)O)NC(=O)[C@@H](N)C(C)C)[C@@H](C)O)[C@@H](C)O)C(=O)N[C@@H](CCCN=C(N)N)C(=O)N[C@@H](CCCN=C(N)N)C(=O)N[C@@H](CC(C)C)C(=O)O. The molecule has 0 saturated carbocycles. The Labute approximate surface area is 450 Å². The molecule has 29 heteroatoms. The number of nitrogens with two attached hydrogens (primary N) is 5. The van der Waals surface area contributed by atoms with Crippen molar-refractivity contribution in [3.63, 3.8) is 0 Å². The summed E-state index contributed by atoms with van der Waals surface area (Å²) < 4.78 is 0. The summed E-state index contributed by atoms with van der Waals surface area (Å²) in [5, 5.41) is 60.4. The number of aliphatic carboxylic acids is 2. The molecule has 0 saturated heterocycles. The van der Waals surface area contributed by atoms with E-state index in [1.165, 1.54) is 6.92 Å². The average molecular weight is 1100 g/mol. The molecule has 0 aliphatic rings. The number of carbonyl (C=O) groups is 10. The van der Waals surface area contributed by atoms with Crippen LogP contribution in [0.15, 0.2) is 9.98 Å². The minimum Gasteiger partial charge on any atom is -0.481 e. The van der Waals surface area contributed by atoms with Crippen molar-refractivity contribution in [2.75, 3.05) is 13.1 Å². The standard InChI is InChI=1S/C48H89N15O14/c1-11-25(8)35(43(73)58-29(15-13-19-55-48(52)53)38(68)56-28(14-12-18-54-47(50)51)39(69)60-32(46(76)77)21-23(4)5)61-45(75)37(27(10)65)63-41(71)31(20-22(2)3)59-44(74)36(26(9)64)62-40(70)30(16-17-33(66)67)57-42(72)34(49)24(6)7/h22-32,34-37,64-65H,11-21,49H2,1-10H3,(H,56,68)(H,57,72)(H,58,73)(H,59,74)(H,60,69)(H,61,75)(H,62,70)(H,63,71)(H,66,67)(H,76,77)(H4,50,51,54)(H4,52,53,55)/t25-,26+,27+,28-,29-,30-,31-,32-,34-,35-,36-,37-/m0/s1. The van der Waals surface area contributed by atoms with Gasteiger partial charge in [-0.3, -0.25) is 53.1 Å². The molecule has 0 bridgehead atoms. The van der Waals surface area contributed by atoms with Crippen molar-refractivity contribution in [3.05, 3.63) is 0 Å². The highest BCUT2D eigenvalue weighted by molar-refractivity contribution is 5.98. The predicted molar refractivity (Wildman–Crippen MR) is 284 cm³/mol. The Hall–Kier alpha value is -6.88. The van der Waals surface area contributed by atoms with Gasteiger partial charge in [-0.25, -0.2) is 4.79 Å². The minimum absolute atomic E-state index is 0.0106. The first-order chi connectivity index (χ1) is 35.7.